The first-order valence-electron chi connectivity index (χ1n) is 5.66. The van der Waals surface area contributed by atoms with E-state index in [1.165, 1.54) is 12.8 Å². The van der Waals surface area contributed by atoms with E-state index in [4.69, 9.17) is 5.73 Å². The Morgan fingerprint density at radius 2 is 2.21 bits per heavy atom. The third-order valence-electron chi connectivity index (χ3n) is 3.28. The quantitative estimate of drug-likeness (QED) is 0.741. The highest BCUT2D eigenvalue weighted by atomic mass is 16.2. The molecule has 0 bridgehead atoms. The van der Waals surface area contributed by atoms with Crippen LogP contribution in [-0.4, -0.2) is 30.4 Å². The third kappa shape index (κ3) is 2.47. The predicted molar refractivity (Wildman–Crippen MR) is 57.9 cm³/mol. The van der Waals surface area contributed by atoms with Crippen molar-refractivity contribution in [1.29, 1.82) is 0 Å². The minimum atomic E-state index is 0.276. The molecule has 1 rings (SSSR count). The molecular weight excluding hydrogens is 176 g/mol. The van der Waals surface area contributed by atoms with E-state index in [-0.39, 0.29) is 5.91 Å². The van der Waals surface area contributed by atoms with Crippen molar-refractivity contribution in [2.24, 2.45) is 11.7 Å². The molecule has 1 amide bonds. The van der Waals surface area contributed by atoms with Gasteiger partial charge in [-0.25, -0.2) is 0 Å². The zero-order valence-electron chi connectivity index (χ0n) is 9.33. The number of hydrogen-bond donors (Lipinski definition) is 1. The number of nitrogens with zero attached hydrogens (tertiary/aromatic N) is 1. The van der Waals surface area contributed by atoms with Crippen LogP contribution < -0.4 is 5.73 Å². The van der Waals surface area contributed by atoms with Crippen LogP contribution in [-0.2, 0) is 4.79 Å². The van der Waals surface area contributed by atoms with E-state index in [2.05, 4.69) is 0 Å². The van der Waals surface area contributed by atoms with Crippen molar-refractivity contribution in [2.75, 3.05) is 13.6 Å². The molecule has 14 heavy (non-hydrogen) atoms. The van der Waals surface area contributed by atoms with Gasteiger partial charge in [0.15, 0.2) is 0 Å². The number of rotatable bonds is 4. The number of hydrogen-bond acceptors (Lipinski definition) is 2. The summed E-state index contributed by atoms with van der Waals surface area (Å²) >= 11 is 0. The summed E-state index contributed by atoms with van der Waals surface area (Å²) in [6.45, 7) is 2.76. The van der Waals surface area contributed by atoms with E-state index in [0.717, 1.165) is 12.8 Å². The monoisotopic (exact) mass is 198 g/mol. The molecule has 1 fully saturated rings. The first-order chi connectivity index (χ1) is 6.70. The highest BCUT2D eigenvalue weighted by Crippen LogP contribution is 2.28. The summed E-state index contributed by atoms with van der Waals surface area (Å²) in [5, 5.41) is 0. The Kier molecular flexibility index (Phi) is 4.39. The van der Waals surface area contributed by atoms with Crippen molar-refractivity contribution in [3.63, 3.8) is 0 Å². The van der Waals surface area contributed by atoms with Gasteiger partial charge >= 0.3 is 0 Å². The van der Waals surface area contributed by atoms with Crippen molar-refractivity contribution in [1.82, 2.24) is 4.90 Å². The molecule has 0 aliphatic heterocycles. The van der Waals surface area contributed by atoms with Crippen LogP contribution in [0.15, 0.2) is 0 Å². The Morgan fingerprint density at radius 3 is 2.79 bits per heavy atom. The highest BCUT2D eigenvalue weighted by Gasteiger charge is 2.31. The van der Waals surface area contributed by atoms with Gasteiger partial charge in [-0.2, -0.15) is 0 Å². The summed E-state index contributed by atoms with van der Waals surface area (Å²) in [6.07, 6.45) is 5.14. The first kappa shape index (κ1) is 11.5. The molecule has 1 aliphatic rings. The Bertz CT molecular complexity index is 194. The maximum absolute atomic E-state index is 11.7. The van der Waals surface area contributed by atoms with E-state index >= 15 is 0 Å². The van der Waals surface area contributed by atoms with Crippen LogP contribution in [0.4, 0.5) is 0 Å². The molecule has 82 valence electrons. The number of carbonyl (C=O) groups is 1. The Hall–Kier alpha value is -0.570. The molecule has 0 aromatic heterocycles. The highest BCUT2D eigenvalue weighted by molar-refractivity contribution is 5.76. The van der Waals surface area contributed by atoms with Crippen LogP contribution in [0.5, 0.6) is 0 Å². The number of carbonyl (C=O) groups excluding carboxylic acids is 1. The SMILES string of the molecule is CCCC(=O)N(C)C1CCCC1CN. The summed E-state index contributed by atoms with van der Waals surface area (Å²) in [5.41, 5.74) is 5.70. The second-order valence-electron chi connectivity index (χ2n) is 4.25. The Labute approximate surface area is 86.6 Å². The Balaban J connectivity index is 2.50. The van der Waals surface area contributed by atoms with E-state index in [1.807, 2.05) is 18.9 Å². The van der Waals surface area contributed by atoms with Crippen molar-refractivity contribution < 1.29 is 4.79 Å². The lowest BCUT2D eigenvalue weighted by Gasteiger charge is -2.29. The molecular formula is C11H22N2O. The number of amides is 1. The minimum absolute atomic E-state index is 0.276. The molecule has 2 N–H and O–H groups in total. The largest absolute Gasteiger partial charge is 0.342 e. The van der Waals surface area contributed by atoms with Crippen LogP contribution in [0.3, 0.4) is 0 Å². The molecule has 0 aromatic rings. The lowest BCUT2D eigenvalue weighted by atomic mass is 10.0. The first-order valence-corrected chi connectivity index (χ1v) is 5.66. The van der Waals surface area contributed by atoms with Gasteiger partial charge < -0.3 is 10.6 Å². The van der Waals surface area contributed by atoms with Gasteiger partial charge in [0.2, 0.25) is 5.91 Å². The molecule has 1 saturated carbocycles. The standard InChI is InChI=1S/C11H22N2O/c1-3-5-11(14)13(2)10-7-4-6-9(10)8-12/h9-10H,3-8,12H2,1-2H3. The topological polar surface area (TPSA) is 46.3 Å². The van der Waals surface area contributed by atoms with E-state index in [0.29, 0.717) is 24.9 Å². The smallest absolute Gasteiger partial charge is 0.222 e. The number of nitrogens with two attached hydrogens (primary N) is 1. The summed E-state index contributed by atoms with van der Waals surface area (Å²) < 4.78 is 0. The van der Waals surface area contributed by atoms with Gasteiger partial charge in [0.1, 0.15) is 0 Å². The molecule has 3 nitrogen and oxygen atoms in total. The van der Waals surface area contributed by atoms with Crippen LogP contribution in [0.1, 0.15) is 39.0 Å². The summed E-state index contributed by atoms with van der Waals surface area (Å²) in [4.78, 5) is 13.6. The normalized spacial score (nSPS) is 26.5. The summed E-state index contributed by atoms with van der Waals surface area (Å²) in [5.74, 6) is 0.804. The van der Waals surface area contributed by atoms with Crippen molar-refractivity contribution in [3.8, 4) is 0 Å². The van der Waals surface area contributed by atoms with Crippen LogP contribution in [0.2, 0.25) is 0 Å². The zero-order chi connectivity index (χ0) is 10.6. The van der Waals surface area contributed by atoms with Crippen molar-refractivity contribution in [3.05, 3.63) is 0 Å². The average Bonchev–Trinajstić information content (AvgIpc) is 2.64. The fraction of sp³-hybridized carbons (Fsp3) is 0.909. The molecule has 0 heterocycles. The van der Waals surface area contributed by atoms with Crippen LogP contribution in [0, 0.1) is 5.92 Å². The molecule has 0 radical (unpaired) electrons. The summed E-state index contributed by atoms with van der Waals surface area (Å²) in [7, 11) is 1.93. The van der Waals surface area contributed by atoms with Gasteiger partial charge in [-0.15, -0.1) is 0 Å². The maximum Gasteiger partial charge on any atom is 0.222 e. The third-order valence-corrected chi connectivity index (χ3v) is 3.28. The van der Waals surface area contributed by atoms with Gasteiger partial charge in [-0.1, -0.05) is 13.3 Å². The van der Waals surface area contributed by atoms with Crippen molar-refractivity contribution >= 4 is 5.91 Å². The van der Waals surface area contributed by atoms with E-state index in [1.54, 1.807) is 0 Å². The minimum Gasteiger partial charge on any atom is -0.342 e. The van der Waals surface area contributed by atoms with Gasteiger partial charge in [0.05, 0.1) is 0 Å². The molecule has 0 aromatic carbocycles. The van der Waals surface area contributed by atoms with Gasteiger partial charge in [0.25, 0.3) is 0 Å². The zero-order valence-corrected chi connectivity index (χ0v) is 9.33. The fourth-order valence-electron chi connectivity index (χ4n) is 2.38. The molecule has 2 unspecified atom stereocenters. The van der Waals surface area contributed by atoms with E-state index < -0.39 is 0 Å². The van der Waals surface area contributed by atoms with Gasteiger partial charge in [-0.05, 0) is 31.7 Å². The molecule has 3 heteroatoms. The predicted octanol–water partition coefficient (Wildman–Crippen LogP) is 1.37. The summed E-state index contributed by atoms with van der Waals surface area (Å²) in [6, 6.07) is 0.402. The molecule has 0 spiro atoms. The van der Waals surface area contributed by atoms with E-state index in [9.17, 15) is 4.79 Å². The van der Waals surface area contributed by atoms with Gasteiger partial charge in [0, 0.05) is 19.5 Å². The Morgan fingerprint density at radius 1 is 1.50 bits per heavy atom. The van der Waals surface area contributed by atoms with Crippen LogP contribution in [0.25, 0.3) is 0 Å². The lowest BCUT2D eigenvalue weighted by Crippen LogP contribution is -2.41. The second-order valence-corrected chi connectivity index (χ2v) is 4.25. The fourth-order valence-corrected chi connectivity index (χ4v) is 2.38. The lowest BCUT2D eigenvalue weighted by molar-refractivity contribution is -0.132. The maximum atomic E-state index is 11.7. The van der Waals surface area contributed by atoms with Crippen molar-refractivity contribution in [2.45, 2.75) is 45.1 Å². The molecule has 2 atom stereocenters. The molecule has 1 aliphatic carbocycles. The van der Waals surface area contributed by atoms with Crippen LogP contribution >= 0.6 is 0 Å². The van der Waals surface area contributed by atoms with Gasteiger partial charge in [-0.3, -0.25) is 4.79 Å². The average molecular weight is 198 g/mol. The molecule has 0 saturated heterocycles. The second kappa shape index (κ2) is 5.35.